The summed E-state index contributed by atoms with van der Waals surface area (Å²) in [6, 6.07) is 6.13. The molecule has 0 aromatic heterocycles. The van der Waals surface area contributed by atoms with Crippen LogP contribution in [0.25, 0.3) is 0 Å². The van der Waals surface area contributed by atoms with Crippen LogP contribution in [-0.2, 0) is 6.42 Å². The first kappa shape index (κ1) is 14.9. The van der Waals surface area contributed by atoms with Gasteiger partial charge in [0.05, 0.1) is 0 Å². The van der Waals surface area contributed by atoms with E-state index in [0.29, 0.717) is 0 Å². The minimum absolute atomic E-state index is 0.160. The van der Waals surface area contributed by atoms with Gasteiger partial charge in [-0.1, -0.05) is 30.2 Å². The Kier molecular flexibility index (Phi) is 5.10. The van der Waals surface area contributed by atoms with E-state index in [2.05, 4.69) is 10.8 Å². The van der Waals surface area contributed by atoms with Crippen LogP contribution in [0.15, 0.2) is 35.9 Å². The van der Waals surface area contributed by atoms with Crippen molar-refractivity contribution in [2.24, 2.45) is 0 Å². The van der Waals surface area contributed by atoms with Crippen molar-refractivity contribution in [3.8, 4) is 5.75 Å². The van der Waals surface area contributed by atoms with E-state index in [9.17, 15) is 13.2 Å². The van der Waals surface area contributed by atoms with Crippen LogP contribution in [0.5, 0.6) is 5.75 Å². The fourth-order valence-electron chi connectivity index (χ4n) is 2.51. The molecule has 20 heavy (non-hydrogen) atoms. The summed E-state index contributed by atoms with van der Waals surface area (Å²) < 4.78 is 39.9. The van der Waals surface area contributed by atoms with Crippen molar-refractivity contribution in [3.05, 3.63) is 41.5 Å². The predicted molar refractivity (Wildman–Crippen MR) is 72.6 cm³/mol. The SMILES string of the molecule is FC(F)(F)Oc1ccc(CCC=C2CCCCC2)cc1. The maximum Gasteiger partial charge on any atom is 0.573 e. The highest BCUT2D eigenvalue weighted by Crippen LogP contribution is 2.25. The van der Waals surface area contributed by atoms with Crippen LogP contribution in [0.1, 0.15) is 44.1 Å². The lowest BCUT2D eigenvalue weighted by Crippen LogP contribution is -2.17. The van der Waals surface area contributed by atoms with E-state index in [1.54, 1.807) is 12.1 Å². The minimum atomic E-state index is -4.62. The van der Waals surface area contributed by atoms with Gasteiger partial charge in [-0.25, -0.2) is 0 Å². The van der Waals surface area contributed by atoms with E-state index in [0.717, 1.165) is 18.4 Å². The molecule has 1 aromatic rings. The lowest BCUT2D eigenvalue weighted by molar-refractivity contribution is -0.274. The molecule has 1 nitrogen and oxygen atoms in total. The molecule has 0 unspecified atom stereocenters. The van der Waals surface area contributed by atoms with Crippen LogP contribution in [0.4, 0.5) is 13.2 Å². The number of ether oxygens (including phenoxy) is 1. The summed E-state index contributed by atoms with van der Waals surface area (Å²) in [5.74, 6) is -0.160. The third-order valence-electron chi connectivity index (χ3n) is 3.52. The molecule has 0 bridgehead atoms. The standard InChI is InChI=1S/C16H19F3O/c17-16(18,19)20-15-11-9-14(10-12-15)8-4-7-13-5-2-1-3-6-13/h7,9-12H,1-6,8H2. The van der Waals surface area contributed by atoms with Crippen molar-refractivity contribution in [2.75, 3.05) is 0 Å². The molecule has 1 aromatic carbocycles. The van der Waals surface area contributed by atoms with Gasteiger partial charge in [-0.05, 0) is 56.2 Å². The summed E-state index contributed by atoms with van der Waals surface area (Å²) in [4.78, 5) is 0. The molecule has 1 saturated carbocycles. The second kappa shape index (κ2) is 6.82. The second-order valence-corrected chi connectivity index (χ2v) is 5.15. The van der Waals surface area contributed by atoms with Crippen LogP contribution >= 0.6 is 0 Å². The van der Waals surface area contributed by atoms with Crippen LogP contribution in [0.3, 0.4) is 0 Å². The van der Waals surface area contributed by atoms with Crippen LogP contribution < -0.4 is 4.74 Å². The highest BCUT2D eigenvalue weighted by atomic mass is 19.4. The molecule has 2 rings (SSSR count). The molecule has 4 heteroatoms. The van der Waals surface area contributed by atoms with Crippen molar-refractivity contribution >= 4 is 0 Å². The van der Waals surface area contributed by atoms with E-state index >= 15 is 0 Å². The third kappa shape index (κ3) is 5.27. The number of alkyl halides is 3. The smallest absolute Gasteiger partial charge is 0.406 e. The summed E-state index contributed by atoms with van der Waals surface area (Å²) in [6.45, 7) is 0. The first-order valence-corrected chi connectivity index (χ1v) is 7.05. The Morgan fingerprint density at radius 1 is 1.00 bits per heavy atom. The zero-order chi connectivity index (χ0) is 14.4. The molecule has 0 N–H and O–H groups in total. The Bertz CT molecular complexity index is 438. The number of hydrogen-bond donors (Lipinski definition) is 0. The molecule has 0 amide bonds. The molecule has 0 radical (unpaired) electrons. The average Bonchev–Trinajstić information content (AvgIpc) is 2.40. The molecular weight excluding hydrogens is 265 g/mol. The first-order valence-electron chi connectivity index (χ1n) is 7.05. The molecule has 0 spiro atoms. The third-order valence-corrected chi connectivity index (χ3v) is 3.52. The van der Waals surface area contributed by atoms with Gasteiger partial charge in [0.15, 0.2) is 0 Å². The lowest BCUT2D eigenvalue weighted by atomic mass is 9.93. The van der Waals surface area contributed by atoms with Crippen LogP contribution in [0.2, 0.25) is 0 Å². The molecule has 1 aliphatic rings. The Labute approximate surface area is 117 Å². The number of hydrogen-bond acceptors (Lipinski definition) is 1. The van der Waals surface area contributed by atoms with Gasteiger partial charge in [-0.2, -0.15) is 0 Å². The number of aryl methyl sites for hydroxylation is 1. The molecule has 0 saturated heterocycles. The fourth-order valence-corrected chi connectivity index (χ4v) is 2.51. The summed E-state index contributed by atoms with van der Waals surface area (Å²) >= 11 is 0. The van der Waals surface area contributed by atoms with Gasteiger partial charge in [-0.15, -0.1) is 13.2 Å². The molecule has 0 aliphatic heterocycles. The maximum absolute atomic E-state index is 12.0. The summed E-state index contributed by atoms with van der Waals surface area (Å²) in [5.41, 5.74) is 2.57. The molecule has 0 atom stereocenters. The van der Waals surface area contributed by atoms with Gasteiger partial charge in [-0.3, -0.25) is 0 Å². The number of allylic oxidation sites excluding steroid dienone is 2. The van der Waals surface area contributed by atoms with Crippen molar-refractivity contribution in [3.63, 3.8) is 0 Å². The molecule has 0 heterocycles. The second-order valence-electron chi connectivity index (χ2n) is 5.15. The molecule has 1 aliphatic carbocycles. The zero-order valence-corrected chi connectivity index (χ0v) is 11.4. The average molecular weight is 284 g/mol. The van der Waals surface area contributed by atoms with Gasteiger partial charge >= 0.3 is 6.36 Å². The summed E-state index contributed by atoms with van der Waals surface area (Å²) in [5, 5.41) is 0. The van der Waals surface area contributed by atoms with Crippen molar-refractivity contribution in [2.45, 2.75) is 51.3 Å². The molecule has 110 valence electrons. The number of rotatable bonds is 4. The first-order chi connectivity index (χ1) is 9.53. The highest BCUT2D eigenvalue weighted by molar-refractivity contribution is 5.27. The van der Waals surface area contributed by atoms with Gasteiger partial charge in [0.1, 0.15) is 5.75 Å². The molecule has 1 fully saturated rings. The Morgan fingerprint density at radius 3 is 2.25 bits per heavy atom. The number of halogens is 3. The quantitative estimate of drug-likeness (QED) is 0.672. The predicted octanol–water partition coefficient (Wildman–Crippen LogP) is 5.41. The van der Waals surface area contributed by atoms with Gasteiger partial charge in [0, 0.05) is 0 Å². The van der Waals surface area contributed by atoms with Crippen molar-refractivity contribution in [1.29, 1.82) is 0 Å². The highest BCUT2D eigenvalue weighted by Gasteiger charge is 2.30. The monoisotopic (exact) mass is 284 g/mol. The van der Waals surface area contributed by atoms with E-state index < -0.39 is 6.36 Å². The van der Waals surface area contributed by atoms with E-state index in [1.807, 2.05) is 0 Å². The Hall–Kier alpha value is -1.45. The van der Waals surface area contributed by atoms with Gasteiger partial charge < -0.3 is 4.74 Å². The Morgan fingerprint density at radius 2 is 1.65 bits per heavy atom. The normalized spacial score (nSPS) is 16.1. The van der Waals surface area contributed by atoms with Crippen molar-refractivity contribution in [1.82, 2.24) is 0 Å². The van der Waals surface area contributed by atoms with Gasteiger partial charge in [0.2, 0.25) is 0 Å². The van der Waals surface area contributed by atoms with E-state index in [1.165, 1.54) is 49.8 Å². The lowest BCUT2D eigenvalue weighted by Gasteiger charge is -2.13. The van der Waals surface area contributed by atoms with Crippen molar-refractivity contribution < 1.29 is 17.9 Å². The fraction of sp³-hybridized carbons (Fsp3) is 0.500. The minimum Gasteiger partial charge on any atom is -0.406 e. The summed E-state index contributed by atoms with van der Waals surface area (Å²) in [7, 11) is 0. The van der Waals surface area contributed by atoms with Crippen LogP contribution in [0, 0.1) is 0 Å². The maximum atomic E-state index is 12.0. The van der Waals surface area contributed by atoms with Crippen LogP contribution in [-0.4, -0.2) is 6.36 Å². The summed E-state index contributed by atoms with van der Waals surface area (Å²) in [6.07, 6.45) is 5.80. The zero-order valence-electron chi connectivity index (χ0n) is 11.4. The number of benzene rings is 1. The van der Waals surface area contributed by atoms with E-state index in [-0.39, 0.29) is 5.75 Å². The molecular formula is C16H19F3O. The Balaban J connectivity index is 1.81. The topological polar surface area (TPSA) is 9.23 Å². The van der Waals surface area contributed by atoms with E-state index in [4.69, 9.17) is 0 Å². The van der Waals surface area contributed by atoms with Gasteiger partial charge in [0.25, 0.3) is 0 Å². The largest absolute Gasteiger partial charge is 0.573 e.